The predicted molar refractivity (Wildman–Crippen MR) is 59.6 cm³/mol. The second-order valence-electron chi connectivity index (χ2n) is 4.99. The van der Waals surface area contributed by atoms with Crippen LogP contribution < -0.4 is 0 Å². The summed E-state index contributed by atoms with van der Waals surface area (Å²) >= 11 is 0. The van der Waals surface area contributed by atoms with E-state index in [1.54, 1.807) is 0 Å². The fraction of sp³-hybridized carbons (Fsp3) is 0.833. The second-order valence-corrected chi connectivity index (χ2v) is 4.99. The predicted octanol–water partition coefficient (Wildman–Crippen LogP) is 0.0575. The number of nitrogens with zero attached hydrogens (tertiary/aromatic N) is 1. The van der Waals surface area contributed by atoms with E-state index in [0.29, 0.717) is 13.2 Å². The molecule has 1 aliphatic carbocycles. The molecule has 0 atom stereocenters. The summed E-state index contributed by atoms with van der Waals surface area (Å²) in [7, 11) is 0. The molecule has 2 heterocycles. The lowest BCUT2D eigenvalue weighted by molar-refractivity contribution is -0.189. The molecule has 0 unspecified atom stereocenters. The Morgan fingerprint density at radius 3 is 2.11 bits per heavy atom. The van der Waals surface area contributed by atoms with Crippen molar-refractivity contribution in [1.82, 2.24) is 4.90 Å². The molecule has 1 saturated carbocycles. The van der Waals surface area contributed by atoms with Crippen LogP contribution in [0.5, 0.6) is 0 Å². The highest BCUT2D eigenvalue weighted by Gasteiger charge is 2.44. The number of carbonyl (C=O) groups excluding carboxylic acids is 2. The van der Waals surface area contributed by atoms with Gasteiger partial charge in [0.25, 0.3) is 11.8 Å². The minimum absolute atomic E-state index is 0.0143. The molecule has 0 aromatic carbocycles. The third kappa shape index (κ3) is 2.04. The van der Waals surface area contributed by atoms with E-state index >= 15 is 0 Å². The fourth-order valence-electron chi connectivity index (χ4n) is 3.00. The van der Waals surface area contributed by atoms with Crippen LogP contribution in [-0.2, 0) is 23.8 Å². The van der Waals surface area contributed by atoms with Crippen molar-refractivity contribution in [3.8, 4) is 0 Å². The van der Waals surface area contributed by atoms with Crippen molar-refractivity contribution in [2.45, 2.75) is 37.5 Å². The van der Waals surface area contributed by atoms with Crippen LogP contribution in [0.2, 0.25) is 0 Å². The minimum atomic E-state index is -0.450. The van der Waals surface area contributed by atoms with Crippen LogP contribution in [0.3, 0.4) is 0 Å². The lowest BCUT2D eigenvalue weighted by Gasteiger charge is -2.40. The van der Waals surface area contributed by atoms with Crippen LogP contribution in [0, 0.1) is 0 Å². The quantitative estimate of drug-likeness (QED) is 0.620. The Morgan fingerprint density at radius 2 is 1.56 bits per heavy atom. The van der Waals surface area contributed by atoms with Gasteiger partial charge >= 0.3 is 0 Å². The van der Waals surface area contributed by atoms with E-state index in [4.69, 9.17) is 14.2 Å². The summed E-state index contributed by atoms with van der Waals surface area (Å²) in [5.74, 6) is -0.893. The third-order valence-corrected chi connectivity index (χ3v) is 3.88. The lowest BCUT2D eigenvalue weighted by Crippen LogP contribution is -2.54. The van der Waals surface area contributed by atoms with Crippen LogP contribution in [0.4, 0.5) is 0 Å². The van der Waals surface area contributed by atoms with Crippen LogP contribution in [0.1, 0.15) is 25.7 Å². The molecule has 0 aromatic rings. The van der Waals surface area contributed by atoms with E-state index in [1.807, 2.05) is 0 Å². The molecule has 0 N–H and O–H groups in total. The maximum atomic E-state index is 11.7. The average Bonchev–Trinajstić information content (AvgIpc) is 2.80. The standard InChI is InChI=1S/C12H17NO5/c14-10-7-16-8-11(15)13(10)9-1-3-12(4-2-9)17-5-6-18-12/h9H,1-8H2. The zero-order valence-electron chi connectivity index (χ0n) is 10.2. The first kappa shape index (κ1) is 12.1. The molecule has 3 fully saturated rings. The molecule has 6 nitrogen and oxygen atoms in total. The Hall–Kier alpha value is -0.980. The van der Waals surface area contributed by atoms with E-state index in [1.165, 1.54) is 4.90 Å². The number of morpholine rings is 1. The molecular formula is C12H17NO5. The van der Waals surface area contributed by atoms with Gasteiger partial charge in [0.15, 0.2) is 5.79 Å². The van der Waals surface area contributed by atoms with Crippen molar-refractivity contribution in [2.75, 3.05) is 26.4 Å². The number of hydrogen-bond acceptors (Lipinski definition) is 5. The molecule has 2 aliphatic heterocycles. The molecule has 2 amide bonds. The topological polar surface area (TPSA) is 65.1 Å². The Morgan fingerprint density at radius 1 is 1.00 bits per heavy atom. The van der Waals surface area contributed by atoms with Crippen molar-refractivity contribution in [2.24, 2.45) is 0 Å². The highest BCUT2D eigenvalue weighted by Crippen LogP contribution is 2.37. The zero-order valence-corrected chi connectivity index (χ0v) is 10.2. The first-order valence-corrected chi connectivity index (χ1v) is 6.41. The smallest absolute Gasteiger partial charge is 0.255 e. The van der Waals surface area contributed by atoms with Gasteiger partial charge < -0.3 is 14.2 Å². The maximum Gasteiger partial charge on any atom is 0.255 e. The number of carbonyl (C=O) groups is 2. The Labute approximate surface area is 105 Å². The first-order valence-electron chi connectivity index (χ1n) is 6.41. The third-order valence-electron chi connectivity index (χ3n) is 3.88. The van der Waals surface area contributed by atoms with Crippen molar-refractivity contribution in [3.63, 3.8) is 0 Å². The number of imide groups is 1. The molecule has 3 aliphatic rings. The van der Waals surface area contributed by atoms with Gasteiger partial charge in [-0.3, -0.25) is 14.5 Å². The van der Waals surface area contributed by atoms with E-state index < -0.39 is 5.79 Å². The highest BCUT2D eigenvalue weighted by atomic mass is 16.7. The first-order chi connectivity index (χ1) is 8.70. The van der Waals surface area contributed by atoms with Gasteiger partial charge in [-0.15, -0.1) is 0 Å². The van der Waals surface area contributed by atoms with Crippen molar-refractivity contribution in [1.29, 1.82) is 0 Å². The van der Waals surface area contributed by atoms with Crippen LogP contribution >= 0.6 is 0 Å². The lowest BCUT2D eigenvalue weighted by atomic mass is 9.89. The largest absolute Gasteiger partial charge is 0.362 e. The van der Waals surface area contributed by atoms with Gasteiger partial charge in [-0.1, -0.05) is 0 Å². The molecule has 0 aromatic heterocycles. The van der Waals surface area contributed by atoms with Gasteiger partial charge in [0.05, 0.1) is 13.2 Å². The van der Waals surface area contributed by atoms with Crippen LogP contribution in [0.15, 0.2) is 0 Å². The molecule has 1 spiro atoms. The minimum Gasteiger partial charge on any atom is -0.362 e. The van der Waals surface area contributed by atoms with Gasteiger partial charge in [-0.05, 0) is 12.8 Å². The molecule has 6 heteroatoms. The highest BCUT2D eigenvalue weighted by molar-refractivity contribution is 5.98. The molecular weight excluding hydrogens is 238 g/mol. The summed E-state index contributed by atoms with van der Waals surface area (Å²) in [6.07, 6.45) is 2.99. The molecule has 100 valence electrons. The maximum absolute atomic E-state index is 11.7. The Balaban J connectivity index is 1.64. The normalized spacial score (nSPS) is 29.2. The van der Waals surface area contributed by atoms with Gasteiger partial charge in [0.1, 0.15) is 13.2 Å². The van der Waals surface area contributed by atoms with Gasteiger partial charge in [-0.25, -0.2) is 0 Å². The van der Waals surface area contributed by atoms with E-state index in [2.05, 4.69) is 0 Å². The summed E-state index contributed by atoms with van der Waals surface area (Å²) in [6, 6.07) is -0.0210. The second kappa shape index (κ2) is 4.60. The van der Waals surface area contributed by atoms with Gasteiger partial charge in [0.2, 0.25) is 0 Å². The average molecular weight is 255 g/mol. The summed E-state index contributed by atoms with van der Waals surface area (Å²) in [6.45, 7) is 1.31. The monoisotopic (exact) mass is 255 g/mol. The number of ether oxygens (including phenoxy) is 3. The SMILES string of the molecule is O=C1COCC(=O)N1C1CCC2(CC1)OCCO2. The van der Waals surface area contributed by atoms with E-state index in [9.17, 15) is 9.59 Å². The molecule has 0 bridgehead atoms. The number of amides is 2. The number of hydrogen-bond donors (Lipinski definition) is 0. The van der Waals surface area contributed by atoms with E-state index in [-0.39, 0.29) is 31.1 Å². The molecule has 0 radical (unpaired) electrons. The fourth-order valence-corrected chi connectivity index (χ4v) is 3.00. The zero-order chi connectivity index (χ0) is 12.6. The van der Waals surface area contributed by atoms with Crippen molar-refractivity contribution < 1.29 is 23.8 Å². The van der Waals surface area contributed by atoms with E-state index in [0.717, 1.165) is 25.7 Å². The van der Waals surface area contributed by atoms with Gasteiger partial charge in [-0.2, -0.15) is 0 Å². The Bertz CT molecular complexity index is 337. The number of rotatable bonds is 1. The van der Waals surface area contributed by atoms with Crippen LogP contribution in [0.25, 0.3) is 0 Å². The van der Waals surface area contributed by atoms with Gasteiger partial charge in [0, 0.05) is 18.9 Å². The van der Waals surface area contributed by atoms with Crippen LogP contribution in [-0.4, -0.2) is 55.0 Å². The molecule has 2 saturated heterocycles. The summed E-state index contributed by atoms with van der Waals surface area (Å²) < 4.78 is 16.2. The summed E-state index contributed by atoms with van der Waals surface area (Å²) in [5, 5.41) is 0. The van der Waals surface area contributed by atoms with Crippen molar-refractivity contribution >= 4 is 11.8 Å². The molecule has 3 rings (SSSR count). The molecule has 18 heavy (non-hydrogen) atoms. The Kier molecular flexibility index (Phi) is 3.09. The summed E-state index contributed by atoms with van der Waals surface area (Å²) in [5.41, 5.74) is 0. The summed E-state index contributed by atoms with van der Waals surface area (Å²) in [4.78, 5) is 24.8. The van der Waals surface area contributed by atoms with Crippen molar-refractivity contribution in [3.05, 3.63) is 0 Å².